The van der Waals surface area contributed by atoms with Gasteiger partial charge in [0.2, 0.25) is 5.91 Å². The highest BCUT2D eigenvalue weighted by atomic mass is 35.5. The number of amides is 2. The van der Waals surface area contributed by atoms with E-state index in [-0.39, 0.29) is 29.3 Å². The van der Waals surface area contributed by atoms with Gasteiger partial charge in [0.25, 0.3) is 0 Å². The van der Waals surface area contributed by atoms with Crippen molar-refractivity contribution in [3.63, 3.8) is 0 Å². The smallest absolute Gasteiger partial charge is 0.409 e. The van der Waals surface area contributed by atoms with Crippen molar-refractivity contribution in [1.82, 2.24) is 5.32 Å². The van der Waals surface area contributed by atoms with E-state index in [2.05, 4.69) is 5.32 Å². The molecule has 0 saturated carbocycles. The van der Waals surface area contributed by atoms with E-state index in [1.54, 1.807) is 65.0 Å². The number of fused-ring (bicyclic) bond motifs is 5. The van der Waals surface area contributed by atoms with Gasteiger partial charge in [0.1, 0.15) is 40.8 Å². The van der Waals surface area contributed by atoms with Gasteiger partial charge in [-0.05, 0) is 31.6 Å². The Bertz CT molecular complexity index is 1500. The van der Waals surface area contributed by atoms with E-state index in [1.165, 1.54) is 33.1 Å². The summed E-state index contributed by atoms with van der Waals surface area (Å²) in [5.41, 5.74) is -1.71. The fourth-order valence-corrected chi connectivity index (χ4v) is 6.49. The number of halogens is 1. The fraction of sp³-hybridized carbons (Fsp3) is 0.588. The van der Waals surface area contributed by atoms with E-state index >= 15 is 0 Å². The molecule has 48 heavy (non-hydrogen) atoms. The van der Waals surface area contributed by atoms with Gasteiger partial charge in [-0.25, -0.2) is 4.79 Å². The number of nitrogens with one attached hydrogen (secondary N) is 1. The van der Waals surface area contributed by atoms with E-state index in [4.69, 9.17) is 40.0 Å². The minimum Gasteiger partial charge on any atom is -0.495 e. The minimum absolute atomic E-state index is 0.0697. The van der Waals surface area contributed by atoms with Crippen molar-refractivity contribution in [2.45, 2.75) is 96.2 Å². The maximum Gasteiger partial charge on any atom is 0.409 e. The number of methoxy groups -OCH3 is 2. The molecule has 3 aliphatic heterocycles. The summed E-state index contributed by atoms with van der Waals surface area (Å²) < 4.78 is 34.5. The van der Waals surface area contributed by atoms with E-state index in [1.807, 2.05) is 0 Å². The molecule has 13 nitrogen and oxygen atoms in total. The molecule has 4 bridgehead atoms. The molecule has 2 saturated heterocycles. The second kappa shape index (κ2) is 14.5. The molecule has 2 amide bonds. The van der Waals surface area contributed by atoms with Gasteiger partial charge < -0.3 is 38.4 Å². The molecular weight excluding hydrogens is 648 g/mol. The maximum atomic E-state index is 14.0. The Morgan fingerprint density at radius 1 is 1.19 bits per heavy atom. The number of aliphatic hydroxyl groups is 1. The summed E-state index contributed by atoms with van der Waals surface area (Å²) in [5.74, 6) is -2.30. The van der Waals surface area contributed by atoms with Crippen molar-refractivity contribution < 1.29 is 52.7 Å². The van der Waals surface area contributed by atoms with Gasteiger partial charge in [0, 0.05) is 39.0 Å². The average molecular weight is 693 g/mol. The summed E-state index contributed by atoms with van der Waals surface area (Å²) in [7, 11) is 4.34. The van der Waals surface area contributed by atoms with Crippen LogP contribution in [-0.2, 0) is 38.1 Å². The number of allylic oxidation sites excluding steroid dienone is 2. The molecule has 264 valence electrons. The van der Waals surface area contributed by atoms with Crippen molar-refractivity contribution in [2.75, 3.05) is 26.2 Å². The van der Waals surface area contributed by atoms with E-state index in [0.717, 1.165) is 0 Å². The number of hydrogen-bond donors (Lipinski definition) is 2. The number of nitrogens with zero attached hydrogens (tertiary/aromatic N) is 1. The Labute approximate surface area is 285 Å². The largest absolute Gasteiger partial charge is 0.495 e. The lowest BCUT2D eigenvalue weighted by atomic mass is 9.83. The molecule has 4 rings (SSSR count). The van der Waals surface area contributed by atoms with Gasteiger partial charge in [0.05, 0.1) is 31.2 Å². The average Bonchev–Trinajstić information content (AvgIpc) is 3.71. The number of rotatable bonds is 5. The Kier molecular flexibility index (Phi) is 11.2. The number of benzene rings is 1. The number of ether oxygens (including phenoxy) is 6. The highest BCUT2D eigenvalue weighted by molar-refractivity contribution is 6.35. The topological polar surface area (TPSA) is 162 Å². The molecule has 0 aromatic heterocycles. The summed E-state index contributed by atoms with van der Waals surface area (Å²) in [4.78, 5) is 53.2. The maximum absolute atomic E-state index is 14.0. The van der Waals surface area contributed by atoms with Crippen molar-refractivity contribution in [3.05, 3.63) is 46.5 Å². The third-order valence-electron chi connectivity index (χ3n) is 9.14. The Hall–Kier alpha value is -3.65. The number of carbonyl (C=O) groups is 4. The summed E-state index contributed by atoms with van der Waals surface area (Å²) >= 11 is 6.73. The summed E-state index contributed by atoms with van der Waals surface area (Å²) in [6, 6.07) is 3.23. The molecule has 3 heterocycles. The van der Waals surface area contributed by atoms with Gasteiger partial charge in [0.15, 0.2) is 5.72 Å². The zero-order chi connectivity index (χ0) is 35.7. The first kappa shape index (κ1) is 37.2. The Morgan fingerprint density at radius 2 is 1.88 bits per heavy atom. The predicted molar refractivity (Wildman–Crippen MR) is 174 cm³/mol. The van der Waals surface area contributed by atoms with Crippen molar-refractivity contribution in [3.8, 4) is 5.75 Å². The summed E-state index contributed by atoms with van der Waals surface area (Å²) in [6.45, 7) is 9.90. The van der Waals surface area contributed by atoms with Gasteiger partial charge in [-0.2, -0.15) is 0 Å². The van der Waals surface area contributed by atoms with Gasteiger partial charge in [-0.15, -0.1) is 0 Å². The van der Waals surface area contributed by atoms with Crippen LogP contribution in [0.1, 0.15) is 66.1 Å². The molecule has 0 spiro atoms. The minimum atomic E-state index is -1.87. The molecule has 1 aromatic rings. The lowest BCUT2D eigenvalue weighted by Gasteiger charge is -2.42. The van der Waals surface area contributed by atoms with Crippen LogP contribution in [0, 0.1) is 11.8 Å². The third kappa shape index (κ3) is 7.64. The van der Waals surface area contributed by atoms with Crippen LogP contribution in [0.5, 0.6) is 5.75 Å². The molecule has 2 N–H and O–H groups in total. The Balaban J connectivity index is 1.88. The summed E-state index contributed by atoms with van der Waals surface area (Å²) in [5, 5.41) is 14.3. The van der Waals surface area contributed by atoms with Gasteiger partial charge in [-0.1, -0.05) is 50.6 Å². The van der Waals surface area contributed by atoms with Crippen LogP contribution in [-0.4, -0.2) is 86.1 Å². The van der Waals surface area contributed by atoms with E-state index < -0.39 is 77.6 Å². The highest BCUT2D eigenvalue weighted by Gasteiger charge is 2.64. The van der Waals surface area contributed by atoms with Gasteiger partial charge in [-0.3, -0.25) is 19.7 Å². The molecule has 14 heteroatoms. The molecular formula is C34H45ClN2O11. The SMILES string of the molecule is COc1cc2cc(c1Cl)N(C)C(=O)CC(OC(=O)C(C)C)C1(C)OC1C(C)C1CC(O)(NC(=O)O1)C(OC)C=CC=C(C)C2OC(C)=O. The fourth-order valence-electron chi connectivity index (χ4n) is 6.18. The summed E-state index contributed by atoms with van der Waals surface area (Å²) in [6.07, 6.45) is -0.776. The monoisotopic (exact) mass is 692 g/mol. The van der Waals surface area contributed by atoms with Crippen molar-refractivity contribution in [1.29, 1.82) is 0 Å². The first-order valence-corrected chi connectivity index (χ1v) is 16.1. The van der Waals surface area contributed by atoms with Crippen LogP contribution in [0.2, 0.25) is 5.02 Å². The lowest BCUT2D eigenvalue weighted by Crippen LogP contribution is -2.63. The van der Waals surface area contributed by atoms with Crippen LogP contribution < -0.4 is 15.0 Å². The van der Waals surface area contributed by atoms with E-state index in [0.29, 0.717) is 11.1 Å². The molecule has 3 aliphatic rings. The van der Waals surface area contributed by atoms with Crippen LogP contribution in [0.4, 0.5) is 10.5 Å². The second-order valence-electron chi connectivity index (χ2n) is 13.0. The number of hydrogen-bond acceptors (Lipinski definition) is 11. The first-order chi connectivity index (χ1) is 22.4. The lowest BCUT2D eigenvalue weighted by molar-refractivity contribution is -0.157. The second-order valence-corrected chi connectivity index (χ2v) is 13.4. The quantitative estimate of drug-likeness (QED) is 0.256. The number of esters is 2. The first-order valence-electron chi connectivity index (χ1n) is 15.7. The van der Waals surface area contributed by atoms with Crippen LogP contribution in [0.25, 0.3) is 0 Å². The molecule has 2 fully saturated rings. The number of alkyl carbamates (subject to hydrolysis) is 1. The molecule has 8 unspecified atom stereocenters. The molecule has 8 atom stereocenters. The Morgan fingerprint density at radius 3 is 2.48 bits per heavy atom. The normalized spacial score (nSPS) is 32.4. The predicted octanol–water partition coefficient (Wildman–Crippen LogP) is 4.39. The number of carbonyl (C=O) groups excluding carboxylic acids is 4. The number of anilines is 1. The standard InChI is InChI=1S/C34H45ClN2O11/c1-17(2)31(40)47-26-15-27(39)37(7)22-13-21(14-23(43-8)28(22)35)29(45-20(5)38)18(3)11-10-12-25(44-9)34(42)16-24(46-32(41)36-34)19(4)30-33(26,6)48-30/h10-14,17,19,24-26,29-30,42H,15-16H2,1-9H3,(H,36,41). The highest BCUT2D eigenvalue weighted by Crippen LogP contribution is 2.49. The van der Waals surface area contributed by atoms with E-state index in [9.17, 15) is 24.3 Å². The van der Waals surface area contributed by atoms with Crippen LogP contribution in [0.3, 0.4) is 0 Å². The van der Waals surface area contributed by atoms with Crippen LogP contribution in [0.15, 0.2) is 35.9 Å². The molecule has 1 aromatic carbocycles. The molecule has 0 aliphatic carbocycles. The number of epoxide rings is 1. The molecule has 0 radical (unpaired) electrons. The zero-order valence-electron chi connectivity index (χ0n) is 28.7. The van der Waals surface area contributed by atoms with Crippen LogP contribution >= 0.6 is 11.6 Å². The van der Waals surface area contributed by atoms with Crippen molar-refractivity contribution in [2.24, 2.45) is 11.8 Å². The zero-order valence-corrected chi connectivity index (χ0v) is 29.5. The van der Waals surface area contributed by atoms with Gasteiger partial charge >= 0.3 is 18.0 Å². The van der Waals surface area contributed by atoms with Crippen molar-refractivity contribution >= 4 is 41.2 Å². The third-order valence-corrected chi connectivity index (χ3v) is 9.52.